The van der Waals surface area contributed by atoms with Gasteiger partial charge in [0.25, 0.3) is 0 Å². The van der Waals surface area contributed by atoms with Crippen LogP contribution in [0.15, 0.2) is 60.1 Å². The summed E-state index contributed by atoms with van der Waals surface area (Å²) in [5.41, 5.74) is 12.8. The maximum absolute atomic E-state index is 6.33. The molecule has 0 aliphatic carbocycles. The number of benzene rings is 2. The van der Waals surface area contributed by atoms with Gasteiger partial charge in [0.05, 0.1) is 23.1 Å². The van der Waals surface area contributed by atoms with Crippen LogP contribution in [0.2, 0.25) is 0 Å². The van der Waals surface area contributed by atoms with Crippen LogP contribution in [0.3, 0.4) is 0 Å². The quantitative estimate of drug-likeness (QED) is 0.524. The van der Waals surface area contributed by atoms with Gasteiger partial charge in [-0.25, -0.2) is 9.67 Å². The lowest BCUT2D eigenvalue weighted by molar-refractivity contribution is 0.891. The van der Waals surface area contributed by atoms with E-state index in [1.807, 2.05) is 30.3 Å². The smallest absolute Gasteiger partial charge is 0.137 e. The van der Waals surface area contributed by atoms with Crippen LogP contribution in [-0.2, 0) is 0 Å². The molecule has 0 saturated carbocycles. The SMILES string of the molecule is Cc1ccc(-c2csc(-c3cnn(-c4ccccc4)c3N)n2)cc1C.Cl. The number of rotatable bonds is 3. The Bertz CT molecular complexity index is 1040. The van der Waals surface area contributed by atoms with Gasteiger partial charge in [-0.05, 0) is 43.2 Å². The molecule has 2 aromatic carbocycles. The molecule has 4 rings (SSSR count). The van der Waals surface area contributed by atoms with Gasteiger partial charge in [0.15, 0.2) is 0 Å². The zero-order valence-electron chi connectivity index (χ0n) is 14.5. The molecule has 0 aliphatic rings. The third-order valence-electron chi connectivity index (χ3n) is 4.34. The van der Waals surface area contributed by atoms with Crippen LogP contribution < -0.4 is 5.73 Å². The normalized spacial score (nSPS) is 10.5. The first-order chi connectivity index (χ1) is 12.1. The molecule has 6 heteroatoms. The highest BCUT2D eigenvalue weighted by atomic mass is 35.5. The maximum atomic E-state index is 6.33. The molecule has 2 N–H and O–H groups in total. The van der Waals surface area contributed by atoms with E-state index in [0.717, 1.165) is 27.5 Å². The molecule has 0 radical (unpaired) electrons. The number of thiazole rings is 1. The Balaban J connectivity index is 0.00000196. The zero-order chi connectivity index (χ0) is 17.4. The second kappa shape index (κ2) is 7.32. The Morgan fingerprint density at radius 1 is 1.00 bits per heavy atom. The van der Waals surface area contributed by atoms with E-state index in [1.165, 1.54) is 11.1 Å². The Labute approximate surface area is 162 Å². The molecule has 0 unspecified atom stereocenters. The molecule has 0 fully saturated rings. The fourth-order valence-electron chi connectivity index (χ4n) is 2.73. The average Bonchev–Trinajstić information content (AvgIpc) is 3.25. The first kappa shape index (κ1) is 18.2. The highest BCUT2D eigenvalue weighted by molar-refractivity contribution is 7.13. The van der Waals surface area contributed by atoms with Crippen molar-refractivity contribution in [2.75, 3.05) is 5.73 Å². The summed E-state index contributed by atoms with van der Waals surface area (Å²) in [5.74, 6) is 0.604. The molecule has 0 aliphatic heterocycles. The average molecular weight is 383 g/mol. The summed E-state index contributed by atoms with van der Waals surface area (Å²) in [5, 5.41) is 7.38. The standard InChI is InChI=1S/C20H18N4S.ClH/c1-13-8-9-15(10-14(13)2)18-12-25-20(23-18)17-11-22-24(19(17)21)16-6-4-3-5-7-16;/h3-12H,21H2,1-2H3;1H. The van der Waals surface area contributed by atoms with E-state index in [2.05, 4.69) is 42.5 Å². The monoisotopic (exact) mass is 382 g/mol. The number of nitrogen functional groups attached to an aromatic ring is 1. The molecule has 26 heavy (non-hydrogen) atoms. The Morgan fingerprint density at radius 3 is 2.50 bits per heavy atom. The van der Waals surface area contributed by atoms with Crippen molar-refractivity contribution in [1.29, 1.82) is 0 Å². The van der Waals surface area contributed by atoms with E-state index < -0.39 is 0 Å². The Kier molecular flexibility index (Phi) is 5.11. The van der Waals surface area contributed by atoms with Crippen LogP contribution in [0.5, 0.6) is 0 Å². The van der Waals surface area contributed by atoms with Crippen molar-refractivity contribution >= 4 is 29.6 Å². The lowest BCUT2D eigenvalue weighted by atomic mass is 10.1. The summed E-state index contributed by atoms with van der Waals surface area (Å²) < 4.78 is 1.74. The highest BCUT2D eigenvalue weighted by Gasteiger charge is 2.15. The molecule has 0 amide bonds. The van der Waals surface area contributed by atoms with E-state index in [9.17, 15) is 0 Å². The molecule has 0 bridgehead atoms. The first-order valence-electron chi connectivity index (χ1n) is 8.06. The fourth-order valence-corrected chi connectivity index (χ4v) is 3.58. The van der Waals surface area contributed by atoms with Crippen molar-refractivity contribution in [1.82, 2.24) is 14.8 Å². The van der Waals surface area contributed by atoms with Crippen LogP contribution in [0, 0.1) is 13.8 Å². The minimum atomic E-state index is 0. The van der Waals surface area contributed by atoms with Gasteiger partial charge in [0.1, 0.15) is 10.8 Å². The molecule has 132 valence electrons. The third kappa shape index (κ3) is 3.23. The Morgan fingerprint density at radius 2 is 1.77 bits per heavy atom. The predicted octanol–water partition coefficient (Wildman–Crippen LogP) is 5.28. The van der Waals surface area contributed by atoms with E-state index in [4.69, 9.17) is 10.7 Å². The van der Waals surface area contributed by atoms with Gasteiger partial charge in [-0.15, -0.1) is 23.7 Å². The molecule has 0 saturated heterocycles. The van der Waals surface area contributed by atoms with E-state index in [1.54, 1.807) is 22.2 Å². The number of nitrogens with two attached hydrogens (primary N) is 1. The molecule has 0 spiro atoms. The summed E-state index contributed by atoms with van der Waals surface area (Å²) >= 11 is 1.59. The third-order valence-corrected chi connectivity index (χ3v) is 5.22. The predicted molar refractivity (Wildman–Crippen MR) is 111 cm³/mol. The first-order valence-corrected chi connectivity index (χ1v) is 8.94. The Hall–Kier alpha value is -2.63. The topological polar surface area (TPSA) is 56.7 Å². The van der Waals surface area contributed by atoms with Crippen LogP contribution in [0.25, 0.3) is 27.5 Å². The van der Waals surface area contributed by atoms with E-state index >= 15 is 0 Å². The molecular weight excluding hydrogens is 364 g/mol. The molecule has 2 aromatic heterocycles. The molecular formula is C20H19ClN4S. The molecule has 0 atom stereocenters. The van der Waals surface area contributed by atoms with Crippen molar-refractivity contribution in [2.45, 2.75) is 13.8 Å². The highest BCUT2D eigenvalue weighted by Crippen LogP contribution is 2.33. The second-order valence-electron chi connectivity index (χ2n) is 6.03. The summed E-state index contributed by atoms with van der Waals surface area (Å²) in [6, 6.07) is 16.3. The molecule has 4 aromatic rings. The summed E-state index contributed by atoms with van der Waals surface area (Å²) in [6.07, 6.45) is 1.78. The van der Waals surface area contributed by atoms with Gasteiger partial charge in [-0.1, -0.05) is 30.3 Å². The van der Waals surface area contributed by atoms with Crippen LogP contribution >= 0.6 is 23.7 Å². The number of aryl methyl sites for hydroxylation is 2. The van der Waals surface area contributed by atoms with Crippen molar-refractivity contribution in [3.05, 3.63) is 71.2 Å². The number of nitrogens with zero attached hydrogens (tertiary/aromatic N) is 3. The van der Waals surface area contributed by atoms with Crippen LogP contribution in [-0.4, -0.2) is 14.8 Å². The lowest BCUT2D eigenvalue weighted by Crippen LogP contribution is -2.01. The minimum Gasteiger partial charge on any atom is -0.383 e. The minimum absolute atomic E-state index is 0. The number of para-hydroxylation sites is 1. The van der Waals surface area contributed by atoms with Gasteiger partial charge < -0.3 is 5.73 Å². The maximum Gasteiger partial charge on any atom is 0.137 e. The van der Waals surface area contributed by atoms with Crippen LogP contribution in [0.1, 0.15) is 11.1 Å². The largest absolute Gasteiger partial charge is 0.383 e. The summed E-state index contributed by atoms with van der Waals surface area (Å²) in [4.78, 5) is 4.77. The van der Waals surface area contributed by atoms with E-state index in [0.29, 0.717) is 5.82 Å². The fraction of sp³-hybridized carbons (Fsp3) is 0.100. The van der Waals surface area contributed by atoms with E-state index in [-0.39, 0.29) is 12.4 Å². The summed E-state index contributed by atoms with van der Waals surface area (Å²) in [6.45, 7) is 4.23. The number of anilines is 1. The number of aromatic nitrogens is 3. The number of hydrogen-bond acceptors (Lipinski definition) is 4. The number of hydrogen-bond donors (Lipinski definition) is 1. The van der Waals surface area contributed by atoms with Crippen molar-refractivity contribution in [3.63, 3.8) is 0 Å². The van der Waals surface area contributed by atoms with Gasteiger partial charge in [-0.3, -0.25) is 0 Å². The molecule has 4 nitrogen and oxygen atoms in total. The number of halogens is 1. The summed E-state index contributed by atoms with van der Waals surface area (Å²) in [7, 11) is 0. The molecule has 2 heterocycles. The van der Waals surface area contributed by atoms with Gasteiger partial charge in [0, 0.05) is 10.9 Å². The van der Waals surface area contributed by atoms with Crippen molar-refractivity contribution < 1.29 is 0 Å². The second-order valence-corrected chi connectivity index (χ2v) is 6.89. The lowest BCUT2D eigenvalue weighted by Gasteiger charge is -2.04. The van der Waals surface area contributed by atoms with Gasteiger partial charge >= 0.3 is 0 Å². The van der Waals surface area contributed by atoms with Crippen molar-refractivity contribution in [3.8, 4) is 27.5 Å². The van der Waals surface area contributed by atoms with Gasteiger partial charge in [0.2, 0.25) is 0 Å². The van der Waals surface area contributed by atoms with Crippen LogP contribution in [0.4, 0.5) is 5.82 Å². The van der Waals surface area contributed by atoms with Gasteiger partial charge in [-0.2, -0.15) is 5.10 Å². The zero-order valence-corrected chi connectivity index (χ0v) is 16.1. The van der Waals surface area contributed by atoms with Crippen molar-refractivity contribution in [2.24, 2.45) is 0 Å².